The molecule has 0 bridgehead atoms. The van der Waals surface area contributed by atoms with Crippen molar-refractivity contribution in [3.8, 4) is 5.75 Å². The van der Waals surface area contributed by atoms with Gasteiger partial charge in [-0.2, -0.15) is 0 Å². The van der Waals surface area contributed by atoms with Crippen molar-refractivity contribution in [1.82, 2.24) is 10.2 Å². The van der Waals surface area contributed by atoms with Gasteiger partial charge < -0.3 is 15.0 Å². The van der Waals surface area contributed by atoms with Crippen LogP contribution in [-0.2, 0) is 26.2 Å². The van der Waals surface area contributed by atoms with Gasteiger partial charge in [0.25, 0.3) is 0 Å². The number of anilines is 1. The summed E-state index contributed by atoms with van der Waals surface area (Å²) in [6, 6.07) is 13.0. The number of hydrogen-bond donors (Lipinski definition) is 1. The summed E-state index contributed by atoms with van der Waals surface area (Å²) in [6.07, 6.45) is 1.79. The van der Waals surface area contributed by atoms with Crippen molar-refractivity contribution in [2.45, 2.75) is 45.8 Å². The molecule has 2 aromatic rings. The van der Waals surface area contributed by atoms with E-state index in [1.54, 1.807) is 31.2 Å². The maximum Gasteiger partial charge on any atom is 0.244 e. The van der Waals surface area contributed by atoms with Crippen molar-refractivity contribution in [1.29, 1.82) is 0 Å². The second-order valence-corrected chi connectivity index (χ2v) is 10.9. The van der Waals surface area contributed by atoms with Gasteiger partial charge >= 0.3 is 0 Å². The molecule has 8 nitrogen and oxygen atoms in total. The quantitative estimate of drug-likeness (QED) is 0.459. The molecule has 2 rings (SSSR count). The summed E-state index contributed by atoms with van der Waals surface area (Å²) < 4.78 is 32.3. The third-order valence-electron chi connectivity index (χ3n) is 5.46. The van der Waals surface area contributed by atoms with Gasteiger partial charge in [0.2, 0.25) is 21.8 Å². The molecule has 1 N–H and O–H groups in total. The minimum absolute atomic E-state index is 0.0520. The first-order valence-corrected chi connectivity index (χ1v) is 13.6. The van der Waals surface area contributed by atoms with Crippen LogP contribution in [0.3, 0.4) is 0 Å². The topological polar surface area (TPSA) is 96.0 Å². The van der Waals surface area contributed by atoms with Crippen LogP contribution in [0.2, 0.25) is 0 Å². The van der Waals surface area contributed by atoms with Gasteiger partial charge in [-0.05, 0) is 50.1 Å². The maximum absolute atomic E-state index is 13.5. The number of carbonyl (C=O) groups excluding carboxylic acids is 2. The van der Waals surface area contributed by atoms with E-state index in [0.29, 0.717) is 11.4 Å². The summed E-state index contributed by atoms with van der Waals surface area (Å²) >= 11 is 3.39. The molecule has 186 valence electrons. The lowest BCUT2D eigenvalue weighted by Crippen LogP contribution is -2.52. The Balaban J connectivity index is 2.38. The largest absolute Gasteiger partial charge is 0.497 e. The van der Waals surface area contributed by atoms with E-state index in [9.17, 15) is 18.0 Å². The van der Waals surface area contributed by atoms with Crippen molar-refractivity contribution in [2.24, 2.45) is 0 Å². The van der Waals surface area contributed by atoms with Gasteiger partial charge in [0.15, 0.2) is 0 Å². The van der Waals surface area contributed by atoms with E-state index in [-0.39, 0.29) is 18.5 Å². The predicted molar refractivity (Wildman–Crippen MR) is 137 cm³/mol. The molecule has 0 radical (unpaired) electrons. The number of nitrogens with zero attached hydrogens (tertiary/aromatic N) is 2. The summed E-state index contributed by atoms with van der Waals surface area (Å²) in [5, 5.41) is 2.90. The van der Waals surface area contributed by atoms with Crippen LogP contribution < -0.4 is 14.4 Å². The lowest BCUT2D eigenvalue weighted by atomic mass is 10.1. The van der Waals surface area contributed by atoms with E-state index < -0.39 is 28.5 Å². The van der Waals surface area contributed by atoms with Gasteiger partial charge in [0, 0.05) is 23.1 Å². The highest BCUT2D eigenvalue weighted by molar-refractivity contribution is 9.10. The number of sulfonamides is 1. The van der Waals surface area contributed by atoms with Crippen molar-refractivity contribution in [3.05, 3.63) is 58.6 Å². The Morgan fingerprint density at radius 1 is 1.12 bits per heavy atom. The number of rotatable bonds is 11. The molecule has 0 unspecified atom stereocenters. The number of amides is 2. The van der Waals surface area contributed by atoms with Crippen LogP contribution in [0.25, 0.3) is 0 Å². The van der Waals surface area contributed by atoms with Crippen LogP contribution in [-0.4, -0.2) is 57.1 Å². The molecule has 0 aliphatic carbocycles. The first-order valence-electron chi connectivity index (χ1n) is 10.9. The van der Waals surface area contributed by atoms with E-state index in [0.717, 1.165) is 27.0 Å². The van der Waals surface area contributed by atoms with Gasteiger partial charge in [-0.3, -0.25) is 13.9 Å². The number of carbonyl (C=O) groups is 2. The van der Waals surface area contributed by atoms with Gasteiger partial charge in [-0.1, -0.05) is 41.1 Å². The number of benzene rings is 2. The molecule has 10 heteroatoms. The number of hydrogen-bond acceptors (Lipinski definition) is 5. The first-order chi connectivity index (χ1) is 16.0. The standard InChI is InChI=1S/C24H32BrN3O5S/c1-6-17(2)26-24(30)18(3)27(15-19-10-12-20(25)13-11-19)23(29)16-28(34(5,31)32)21-8-7-9-22(14-21)33-4/h7-14,17-18H,6,15-16H2,1-5H3,(H,26,30)/t17-,18-/m0/s1. The fourth-order valence-corrected chi connectivity index (χ4v) is 4.32. The summed E-state index contributed by atoms with van der Waals surface area (Å²) in [5.74, 6) is -0.332. The zero-order chi connectivity index (χ0) is 25.5. The van der Waals surface area contributed by atoms with Gasteiger partial charge in [-0.15, -0.1) is 0 Å². The Morgan fingerprint density at radius 2 is 1.76 bits per heavy atom. The molecule has 2 atom stereocenters. The minimum Gasteiger partial charge on any atom is -0.497 e. The van der Waals surface area contributed by atoms with Gasteiger partial charge in [-0.25, -0.2) is 8.42 Å². The molecule has 0 saturated heterocycles. The molecule has 0 aliphatic rings. The highest BCUT2D eigenvalue weighted by atomic mass is 79.9. The molecule has 0 aliphatic heterocycles. The zero-order valence-corrected chi connectivity index (χ0v) is 22.5. The Hall–Kier alpha value is -2.59. The molecule has 0 aromatic heterocycles. The van der Waals surface area contributed by atoms with Crippen LogP contribution in [0.4, 0.5) is 5.69 Å². The third kappa shape index (κ3) is 7.73. The van der Waals surface area contributed by atoms with E-state index in [4.69, 9.17) is 4.74 Å². The van der Waals surface area contributed by atoms with E-state index in [1.807, 2.05) is 38.1 Å². The molecular weight excluding hydrogens is 522 g/mol. The second kappa shape index (κ2) is 12.2. The molecule has 2 amide bonds. The van der Waals surface area contributed by atoms with Crippen LogP contribution >= 0.6 is 15.9 Å². The van der Waals surface area contributed by atoms with Crippen LogP contribution in [0.1, 0.15) is 32.8 Å². The Kier molecular flexibility index (Phi) is 9.93. The average Bonchev–Trinajstić information content (AvgIpc) is 2.80. The molecule has 0 saturated carbocycles. The lowest BCUT2D eigenvalue weighted by molar-refractivity contribution is -0.139. The van der Waals surface area contributed by atoms with Crippen LogP contribution in [0, 0.1) is 0 Å². The van der Waals surface area contributed by atoms with Gasteiger partial charge in [0.1, 0.15) is 18.3 Å². The molecule has 0 spiro atoms. The molecule has 0 heterocycles. The monoisotopic (exact) mass is 553 g/mol. The van der Waals surface area contributed by atoms with E-state index in [1.165, 1.54) is 12.0 Å². The third-order valence-corrected chi connectivity index (χ3v) is 7.12. The Labute approximate surface area is 210 Å². The van der Waals surface area contributed by atoms with Crippen molar-refractivity contribution in [2.75, 3.05) is 24.2 Å². The lowest BCUT2D eigenvalue weighted by Gasteiger charge is -2.32. The molecule has 34 heavy (non-hydrogen) atoms. The van der Waals surface area contributed by atoms with E-state index in [2.05, 4.69) is 21.2 Å². The predicted octanol–water partition coefficient (Wildman–Crippen LogP) is 3.56. The molecule has 2 aromatic carbocycles. The maximum atomic E-state index is 13.5. The summed E-state index contributed by atoms with van der Waals surface area (Å²) in [6.45, 7) is 5.18. The summed E-state index contributed by atoms with van der Waals surface area (Å²) in [7, 11) is -2.32. The molecule has 0 fully saturated rings. The van der Waals surface area contributed by atoms with Crippen LogP contribution in [0.15, 0.2) is 53.0 Å². The second-order valence-electron chi connectivity index (χ2n) is 8.11. The summed E-state index contributed by atoms with van der Waals surface area (Å²) in [5.41, 5.74) is 1.11. The number of methoxy groups -OCH3 is 1. The Morgan fingerprint density at radius 3 is 2.32 bits per heavy atom. The number of ether oxygens (including phenoxy) is 1. The van der Waals surface area contributed by atoms with E-state index >= 15 is 0 Å². The normalized spacial score (nSPS) is 13.0. The fourth-order valence-electron chi connectivity index (χ4n) is 3.21. The highest BCUT2D eigenvalue weighted by Gasteiger charge is 2.30. The average molecular weight is 555 g/mol. The van der Waals surface area contributed by atoms with Crippen LogP contribution in [0.5, 0.6) is 5.75 Å². The van der Waals surface area contributed by atoms with Crippen molar-refractivity contribution in [3.63, 3.8) is 0 Å². The first kappa shape index (κ1) is 27.7. The van der Waals surface area contributed by atoms with Gasteiger partial charge in [0.05, 0.1) is 19.1 Å². The van der Waals surface area contributed by atoms with Crippen molar-refractivity contribution >= 4 is 43.5 Å². The molecular formula is C24H32BrN3O5S. The number of halogens is 1. The fraction of sp³-hybridized carbons (Fsp3) is 0.417. The minimum atomic E-state index is -3.80. The van der Waals surface area contributed by atoms with Crippen molar-refractivity contribution < 1.29 is 22.7 Å². The highest BCUT2D eigenvalue weighted by Crippen LogP contribution is 2.24. The summed E-state index contributed by atoms with van der Waals surface area (Å²) in [4.78, 5) is 27.8. The SMILES string of the molecule is CC[C@H](C)NC(=O)[C@H](C)N(Cc1ccc(Br)cc1)C(=O)CN(c1cccc(OC)c1)S(C)(=O)=O. The number of nitrogens with one attached hydrogen (secondary N) is 1. The Bertz CT molecular complexity index is 1090. The zero-order valence-electron chi connectivity index (χ0n) is 20.1. The smallest absolute Gasteiger partial charge is 0.244 e.